The number of unbranched alkanes of at least 4 members (excludes halogenated alkanes) is 1. The zero-order valence-electron chi connectivity index (χ0n) is 15.9. The summed E-state index contributed by atoms with van der Waals surface area (Å²) >= 11 is 0. The average Bonchev–Trinajstić information content (AvgIpc) is 3.00. The molecule has 7 heteroatoms. The Morgan fingerprint density at radius 1 is 1.15 bits per heavy atom. The van der Waals surface area contributed by atoms with Crippen LogP contribution in [0.15, 0.2) is 29.2 Å². The molecule has 1 aliphatic heterocycles. The normalized spacial score (nSPS) is 19.4. The number of benzene rings is 1. The van der Waals surface area contributed by atoms with Gasteiger partial charge in [-0.05, 0) is 45.2 Å². The Bertz CT molecular complexity index is 660. The molecule has 1 aromatic rings. The van der Waals surface area contributed by atoms with E-state index in [1.807, 2.05) is 20.8 Å². The number of hydrogen-bond donors (Lipinski definition) is 1. The van der Waals surface area contributed by atoms with E-state index in [0.717, 1.165) is 24.8 Å². The summed E-state index contributed by atoms with van der Waals surface area (Å²) in [6.45, 7) is 6.32. The predicted molar refractivity (Wildman–Crippen MR) is 98.1 cm³/mol. The molecule has 0 saturated carbocycles. The van der Waals surface area contributed by atoms with Crippen LogP contribution in [0.2, 0.25) is 0 Å². The molecular weight excluding hydrogens is 356 g/mol. The molecule has 0 amide bonds. The van der Waals surface area contributed by atoms with Crippen molar-refractivity contribution in [1.29, 1.82) is 0 Å². The fraction of sp³-hybridized carbons (Fsp3) is 0.684. The molecule has 26 heavy (non-hydrogen) atoms. The fourth-order valence-corrected chi connectivity index (χ4v) is 4.18. The van der Waals surface area contributed by atoms with Crippen LogP contribution in [0.1, 0.15) is 57.9 Å². The van der Waals surface area contributed by atoms with Crippen LogP contribution >= 0.6 is 0 Å². The van der Waals surface area contributed by atoms with E-state index < -0.39 is 21.7 Å². The highest BCUT2D eigenvalue weighted by atomic mass is 32.2. The summed E-state index contributed by atoms with van der Waals surface area (Å²) in [7, 11) is -3.99. The van der Waals surface area contributed by atoms with Crippen molar-refractivity contribution in [1.82, 2.24) is 0 Å². The van der Waals surface area contributed by atoms with E-state index >= 15 is 0 Å². The monoisotopic (exact) mass is 386 g/mol. The van der Waals surface area contributed by atoms with Gasteiger partial charge in [-0.15, -0.1) is 0 Å². The summed E-state index contributed by atoms with van der Waals surface area (Å²) in [6, 6.07) is 6.45. The van der Waals surface area contributed by atoms with Crippen molar-refractivity contribution in [2.45, 2.75) is 75.8 Å². The van der Waals surface area contributed by atoms with Gasteiger partial charge >= 0.3 is 10.1 Å². The van der Waals surface area contributed by atoms with Crippen LogP contribution in [-0.4, -0.2) is 38.3 Å². The Morgan fingerprint density at radius 2 is 1.77 bits per heavy atom. The third-order valence-electron chi connectivity index (χ3n) is 4.51. The molecule has 0 aliphatic carbocycles. The van der Waals surface area contributed by atoms with Crippen molar-refractivity contribution < 1.29 is 27.2 Å². The minimum Gasteiger partial charge on any atom is -0.390 e. The van der Waals surface area contributed by atoms with Gasteiger partial charge in [-0.1, -0.05) is 37.5 Å². The number of aryl methyl sites for hydroxylation is 1. The third kappa shape index (κ3) is 6.03. The standard InChI is InChI=1S/C19H30O6S/c1-4-11-18(3,20)12-5-6-13-19(23-14-15-24-19)25-26(21,22)17-9-7-16(2)8-10-17/h7-10,20H,4-6,11-15H2,1-3H3. The predicted octanol–water partition coefficient (Wildman–Crippen LogP) is 3.51. The molecule has 1 N–H and O–H groups in total. The van der Waals surface area contributed by atoms with Crippen molar-refractivity contribution in [3.05, 3.63) is 29.8 Å². The first-order valence-electron chi connectivity index (χ1n) is 9.21. The zero-order valence-corrected chi connectivity index (χ0v) is 16.7. The Hall–Kier alpha value is -0.990. The topological polar surface area (TPSA) is 82.1 Å². The molecule has 1 aromatic carbocycles. The van der Waals surface area contributed by atoms with Crippen molar-refractivity contribution >= 4 is 10.1 Å². The highest BCUT2D eigenvalue weighted by Gasteiger charge is 2.42. The molecule has 0 spiro atoms. The molecule has 1 saturated heterocycles. The summed E-state index contributed by atoms with van der Waals surface area (Å²) in [5.74, 6) is -1.57. The highest BCUT2D eigenvalue weighted by Crippen LogP contribution is 2.32. The second kappa shape index (κ2) is 8.80. The summed E-state index contributed by atoms with van der Waals surface area (Å²) in [6.07, 6.45) is 3.95. The first-order chi connectivity index (χ1) is 12.2. The molecule has 0 radical (unpaired) electrons. The van der Waals surface area contributed by atoms with Gasteiger partial charge < -0.3 is 14.6 Å². The second-order valence-corrected chi connectivity index (χ2v) is 8.73. The molecule has 148 valence electrons. The lowest BCUT2D eigenvalue weighted by Crippen LogP contribution is -2.36. The van der Waals surface area contributed by atoms with E-state index in [1.165, 1.54) is 12.1 Å². The lowest BCUT2D eigenvalue weighted by molar-refractivity contribution is -0.287. The second-order valence-electron chi connectivity index (χ2n) is 7.18. The smallest absolute Gasteiger partial charge is 0.301 e. The Labute approximate surface area is 156 Å². The van der Waals surface area contributed by atoms with Crippen LogP contribution in [-0.2, 0) is 23.8 Å². The highest BCUT2D eigenvalue weighted by molar-refractivity contribution is 7.86. The maximum atomic E-state index is 12.6. The minimum atomic E-state index is -3.99. The zero-order chi connectivity index (χ0) is 19.3. The maximum Gasteiger partial charge on any atom is 0.301 e. The minimum absolute atomic E-state index is 0.0763. The number of aliphatic hydroxyl groups is 1. The molecule has 2 rings (SSSR count). The average molecular weight is 387 g/mol. The first-order valence-corrected chi connectivity index (χ1v) is 10.6. The van der Waals surface area contributed by atoms with Crippen LogP contribution < -0.4 is 0 Å². The van der Waals surface area contributed by atoms with Crippen molar-refractivity contribution in [2.24, 2.45) is 0 Å². The molecular formula is C19H30O6S. The molecule has 1 fully saturated rings. The third-order valence-corrected chi connectivity index (χ3v) is 5.83. The van der Waals surface area contributed by atoms with Gasteiger partial charge in [0.15, 0.2) is 0 Å². The van der Waals surface area contributed by atoms with Gasteiger partial charge in [0.05, 0.1) is 23.7 Å². The van der Waals surface area contributed by atoms with E-state index in [1.54, 1.807) is 12.1 Å². The summed E-state index contributed by atoms with van der Waals surface area (Å²) in [4.78, 5) is 0.0763. The molecule has 1 aliphatic rings. The van der Waals surface area contributed by atoms with E-state index in [-0.39, 0.29) is 18.1 Å². The van der Waals surface area contributed by atoms with E-state index in [0.29, 0.717) is 19.3 Å². The molecule has 6 nitrogen and oxygen atoms in total. The Morgan fingerprint density at radius 3 is 2.35 bits per heavy atom. The number of rotatable bonds is 10. The Balaban J connectivity index is 1.97. The number of ether oxygens (including phenoxy) is 2. The van der Waals surface area contributed by atoms with Crippen LogP contribution in [0.3, 0.4) is 0 Å². The van der Waals surface area contributed by atoms with Crippen molar-refractivity contribution in [3.63, 3.8) is 0 Å². The van der Waals surface area contributed by atoms with Gasteiger partial charge in [-0.3, -0.25) is 0 Å². The molecule has 1 heterocycles. The Kier molecular flexibility index (Phi) is 7.21. The van der Waals surface area contributed by atoms with Crippen LogP contribution in [0, 0.1) is 6.92 Å². The van der Waals surface area contributed by atoms with Gasteiger partial charge in [-0.25, -0.2) is 4.18 Å². The van der Waals surface area contributed by atoms with Gasteiger partial charge in [0.1, 0.15) is 0 Å². The van der Waals surface area contributed by atoms with E-state index in [4.69, 9.17) is 13.7 Å². The first kappa shape index (κ1) is 21.3. The molecule has 0 aromatic heterocycles. The van der Waals surface area contributed by atoms with Crippen molar-refractivity contribution in [3.8, 4) is 0 Å². The van der Waals surface area contributed by atoms with Crippen LogP contribution in [0.4, 0.5) is 0 Å². The van der Waals surface area contributed by atoms with Gasteiger partial charge in [0.25, 0.3) is 5.97 Å². The fourth-order valence-electron chi connectivity index (χ4n) is 3.10. The number of hydrogen-bond acceptors (Lipinski definition) is 6. The maximum absolute atomic E-state index is 12.6. The lowest BCUT2D eigenvalue weighted by atomic mass is 9.93. The quantitative estimate of drug-likeness (QED) is 0.489. The van der Waals surface area contributed by atoms with Gasteiger partial charge in [0.2, 0.25) is 0 Å². The summed E-state index contributed by atoms with van der Waals surface area (Å²) in [5.41, 5.74) is 0.264. The van der Waals surface area contributed by atoms with Crippen LogP contribution in [0.5, 0.6) is 0 Å². The summed E-state index contributed by atoms with van der Waals surface area (Å²) in [5, 5.41) is 10.2. The van der Waals surface area contributed by atoms with Crippen molar-refractivity contribution in [2.75, 3.05) is 13.2 Å². The largest absolute Gasteiger partial charge is 0.390 e. The van der Waals surface area contributed by atoms with E-state index in [2.05, 4.69) is 0 Å². The summed E-state index contributed by atoms with van der Waals surface area (Å²) < 4.78 is 41.5. The SMILES string of the molecule is CCCC(C)(O)CCCCC1(OS(=O)(=O)c2ccc(C)cc2)OCCO1. The van der Waals surface area contributed by atoms with Gasteiger partial charge in [0, 0.05) is 6.42 Å². The van der Waals surface area contributed by atoms with Crippen LogP contribution in [0.25, 0.3) is 0 Å². The lowest BCUT2D eigenvalue weighted by Gasteiger charge is -2.27. The molecule has 1 unspecified atom stereocenters. The van der Waals surface area contributed by atoms with Gasteiger partial charge in [-0.2, -0.15) is 8.42 Å². The molecule has 1 atom stereocenters. The molecule has 0 bridgehead atoms. The van der Waals surface area contributed by atoms with E-state index in [9.17, 15) is 13.5 Å².